The van der Waals surface area contributed by atoms with Crippen molar-refractivity contribution in [3.8, 4) is 11.5 Å². The van der Waals surface area contributed by atoms with Gasteiger partial charge in [0.1, 0.15) is 11.2 Å². The largest absolute Gasteiger partial charge is 0.493 e. The lowest BCUT2D eigenvalue weighted by Crippen LogP contribution is -2.45. The molecule has 2 fully saturated rings. The van der Waals surface area contributed by atoms with E-state index in [2.05, 4.69) is 26.9 Å². The lowest BCUT2D eigenvalue weighted by molar-refractivity contribution is 0.0471. The first-order valence-corrected chi connectivity index (χ1v) is 14.5. The number of nitrogens with zero attached hydrogens (tertiary/aromatic N) is 1. The molecule has 2 saturated heterocycles. The van der Waals surface area contributed by atoms with E-state index in [1.54, 1.807) is 7.11 Å². The fraction of sp³-hybridized carbons (Fsp3) is 0.733. The highest BCUT2D eigenvalue weighted by Crippen LogP contribution is 2.29. The number of carbonyl (C=O) groups is 2. The van der Waals surface area contributed by atoms with Gasteiger partial charge in [0.25, 0.3) is 0 Å². The fourth-order valence-corrected chi connectivity index (χ4v) is 4.50. The summed E-state index contributed by atoms with van der Waals surface area (Å²) in [5.74, 6) is 1.55. The van der Waals surface area contributed by atoms with Gasteiger partial charge in [-0.3, -0.25) is 4.90 Å². The van der Waals surface area contributed by atoms with E-state index < -0.39 is 11.2 Å². The third-order valence-electron chi connectivity index (χ3n) is 6.30. The van der Waals surface area contributed by atoms with Crippen molar-refractivity contribution in [2.24, 2.45) is 0 Å². The van der Waals surface area contributed by atoms with Gasteiger partial charge in [-0.15, -0.1) is 0 Å². The van der Waals surface area contributed by atoms with E-state index in [0.717, 1.165) is 69.9 Å². The number of ether oxygens (including phenoxy) is 4. The molecule has 3 rings (SSSR count). The molecule has 228 valence electrons. The minimum Gasteiger partial charge on any atom is -0.493 e. The molecule has 0 aromatic heterocycles. The van der Waals surface area contributed by atoms with Crippen molar-refractivity contribution < 1.29 is 28.5 Å². The van der Waals surface area contributed by atoms with Crippen LogP contribution in [0.3, 0.4) is 0 Å². The van der Waals surface area contributed by atoms with Crippen LogP contribution >= 0.6 is 0 Å². The smallest absolute Gasteiger partial charge is 0.407 e. The van der Waals surface area contributed by atoms with E-state index >= 15 is 0 Å². The summed E-state index contributed by atoms with van der Waals surface area (Å²) < 4.78 is 21.5. The van der Waals surface area contributed by atoms with Crippen molar-refractivity contribution in [2.45, 2.75) is 104 Å². The van der Waals surface area contributed by atoms with Gasteiger partial charge in [0.2, 0.25) is 0 Å². The predicted octanol–water partition coefficient (Wildman–Crippen LogP) is 4.85. The molecule has 0 unspecified atom stereocenters. The zero-order chi connectivity index (χ0) is 29.8. The van der Waals surface area contributed by atoms with Crippen LogP contribution in [0.15, 0.2) is 18.2 Å². The average molecular weight is 565 g/mol. The van der Waals surface area contributed by atoms with Crippen LogP contribution in [0.2, 0.25) is 0 Å². The second kappa shape index (κ2) is 15.9. The minimum absolute atomic E-state index is 0.177. The van der Waals surface area contributed by atoms with Crippen LogP contribution in [0.25, 0.3) is 0 Å². The SMILES string of the molecule is CC(C)(C)OC(=O)NC1CCNCC1.CCOc1cc(CN2CCC(NC(=O)OC(C)(C)C)CC2)ccc1OC. The summed E-state index contributed by atoms with van der Waals surface area (Å²) in [5.41, 5.74) is 0.335. The highest BCUT2D eigenvalue weighted by molar-refractivity contribution is 5.68. The number of hydrogen-bond acceptors (Lipinski definition) is 8. The second-order valence-electron chi connectivity index (χ2n) is 12.3. The molecule has 0 bridgehead atoms. The molecule has 10 heteroatoms. The Morgan fingerprint density at radius 2 is 1.40 bits per heavy atom. The predicted molar refractivity (Wildman–Crippen MR) is 157 cm³/mol. The van der Waals surface area contributed by atoms with Gasteiger partial charge in [0, 0.05) is 31.7 Å². The normalized spacial score (nSPS) is 17.2. The number of likely N-dealkylation sites (tertiary alicyclic amines) is 1. The number of carbonyl (C=O) groups excluding carboxylic acids is 2. The summed E-state index contributed by atoms with van der Waals surface area (Å²) in [6.07, 6.45) is 3.19. The molecule has 0 spiro atoms. The molecule has 3 N–H and O–H groups in total. The number of nitrogens with one attached hydrogen (secondary N) is 3. The first-order chi connectivity index (χ1) is 18.8. The maximum absolute atomic E-state index is 11.9. The van der Waals surface area contributed by atoms with Crippen molar-refractivity contribution >= 4 is 12.2 Å². The van der Waals surface area contributed by atoms with Crippen LogP contribution in [-0.4, -0.2) is 80.3 Å². The number of piperidine rings is 2. The van der Waals surface area contributed by atoms with Crippen molar-refractivity contribution in [3.05, 3.63) is 23.8 Å². The minimum atomic E-state index is -0.461. The Balaban J connectivity index is 0.000000337. The molecule has 0 aliphatic carbocycles. The zero-order valence-corrected chi connectivity index (χ0v) is 25.9. The molecule has 1 aromatic rings. The van der Waals surface area contributed by atoms with Crippen LogP contribution in [0.5, 0.6) is 11.5 Å². The van der Waals surface area contributed by atoms with Crippen molar-refractivity contribution in [1.29, 1.82) is 0 Å². The first kappa shape index (κ1) is 33.5. The molecule has 2 aliphatic heterocycles. The molecular weight excluding hydrogens is 512 g/mol. The van der Waals surface area contributed by atoms with Gasteiger partial charge in [-0.25, -0.2) is 9.59 Å². The maximum Gasteiger partial charge on any atom is 0.407 e. The number of methoxy groups -OCH3 is 1. The van der Waals surface area contributed by atoms with E-state index in [0.29, 0.717) is 6.61 Å². The number of benzene rings is 1. The van der Waals surface area contributed by atoms with Gasteiger partial charge >= 0.3 is 12.2 Å². The van der Waals surface area contributed by atoms with E-state index in [1.165, 1.54) is 5.56 Å². The molecule has 2 aliphatic rings. The van der Waals surface area contributed by atoms with Crippen LogP contribution in [0, 0.1) is 0 Å². The van der Waals surface area contributed by atoms with E-state index in [1.807, 2.05) is 60.6 Å². The van der Waals surface area contributed by atoms with E-state index in [4.69, 9.17) is 18.9 Å². The number of rotatable bonds is 7. The lowest BCUT2D eigenvalue weighted by atomic mass is 10.0. The van der Waals surface area contributed by atoms with Crippen molar-refractivity contribution in [2.75, 3.05) is 39.9 Å². The first-order valence-electron chi connectivity index (χ1n) is 14.5. The summed E-state index contributed by atoms with van der Waals surface area (Å²) in [7, 11) is 1.65. The molecule has 10 nitrogen and oxygen atoms in total. The molecule has 1 aromatic carbocycles. The molecule has 40 heavy (non-hydrogen) atoms. The lowest BCUT2D eigenvalue weighted by Gasteiger charge is -2.33. The maximum atomic E-state index is 11.9. The van der Waals surface area contributed by atoms with Gasteiger partial charge in [-0.05, 0) is 105 Å². The summed E-state index contributed by atoms with van der Waals surface area (Å²) in [6, 6.07) is 6.53. The Bertz CT molecular complexity index is 914. The monoisotopic (exact) mass is 564 g/mol. The summed E-state index contributed by atoms with van der Waals surface area (Å²) >= 11 is 0. The van der Waals surface area contributed by atoms with E-state index in [-0.39, 0.29) is 24.3 Å². The molecule has 0 atom stereocenters. The quantitative estimate of drug-likeness (QED) is 0.431. The fourth-order valence-electron chi connectivity index (χ4n) is 4.50. The summed E-state index contributed by atoms with van der Waals surface area (Å²) in [4.78, 5) is 25.7. The van der Waals surface area contributed by atoms with Crippen molar-refractivity contribution in [1.82, 2.24) is 20.9 Å². The third-order valence-corrected chi connectivity index (χ3v) is 6.30. The van der Waals surface area contributed by atoms with Crippen LogP contribution in [-0.2, 0) is 16.0 Å². The number of hydrogen-bond donors (Lipinski definition) is 3. The Morgan fingerprint density at radius 3 is 1.88 bits per heavy atom. The Hall–Kier alpha value is -2.72. The van der Waals surface area contributed by atoms with Crippen LogP contribution in [0.1, 0.15) is 79.7 Å². The van der Waals surface area contributed by atoms with Gasteiger partial charge in [0.05, 0.1) is 13.7 Å². The second-order valence-corrected chi connectivity index (χ2v) is 12.3. The molecular formula is C30H52N4O6. The number of amides is 2. The Morgan fingerprint density at radius 1 is 0.875 bits per heavy atom. The van der Waals surface area contributed by atoms with Crippen LogP contribution in [0.4, 0.5) is 9.59 Å². The molecule has 0 radical (unpaired) electrons. The standard InChI is InChI=1S/C20H32N2O4.C10H20N2O2/c1-6-25-18-13-15(7-8-17(18)24-5)14-22-11-9-16(10-12-22)21-19(23)26-20(2,3)4;1-10(2,3)14-9(13)12-8-4-6-11-7-5-8/h7-8,13,16H,6,9-12,14H2,1-5H3,(H,21,23);8,11H,4-7H2,1-3H3,(H,12,13). The van der Waals surface area contributed by atoms with Gasteiger partial charge < -0.3 is 34.9 Å². The Labute approximate surface area is 240 Å². The van der Waals surface area contributed by atoms with Crippen molar-refractivity contribution in [3.63, 3.8) is 0 Å². The molecule has 0 saturated carbocycles. The van der Waals surface area contributed by atoms with Crippen LogP contribution < -0.4 is 25.4 Å². The van der Waals surface area contributed by atoms with E-state index in [9.17, 15) is 9.59 Å². The molecule has 2 heterocycles. The number of alkyl carbamates (subject to hydrolysis) is 2. The Kier molecular flexibility index (Phi) is 13.3. The zero-order valence-electron chi connectivity index (χ0n) is 25.9. The average Bonchev–Trinajstić information content (AvgIpc) is 2.84. The third kappa shape index (κ3) is 13.6. The van der Waals surface area contributed by atoms with Gasteiger partial charge in [-0.2, -0.15) is 0 Å². The van der Waals surface area contributed by atoms with Gasteiger partial charge in [0.15, 0.2) is 11.5 Å². The highest BCUT2D eigenvalue weighted by atomic mass is 16.6. The highest BCUT2D eigenvalue weighted by Gasteiger charge is 2.24. The topological polar surface area (TPSA) is 110 Å². The molecule has 2 amide bonds. The summed E-state index contributed by atoms with van der Waals surface area (Å²) in [5, 5.41) is 9.09. The van der Waals surface area contributed by atoms with Gasteiger partial charge in [-0.1, -0.05) is 6.07 Å². The summed E-state index contributed by atoms with van der Waals surface area (Å²) in [6.45, 7) is 18.5.